The van der Waals surface area contributed by atoms with Crippen molar-refractivity contribution in [3.63, 3.8) is 0 Å². The Bertz CT molecular complexity index is 543. The van der Waals surface area contributed by atoms with Crippen LogP contribution in [-0.4, -0.2) is 15.2 Å². The summed E-state index contributed by atoms with van der Waals surface area (Å²) in [5.74, 6) is 0.177. The Morgan fingerprint density at radius 1 is 1.06 bits per heavy atom. The summed E-state index contributed by atoms with van der Waals surface area (Å²) >= 11 is 11.9. The maximum Gasteiger partial charge on any atom is 0.242 e. The molecule has 0 spiro atoms. The maximum atomic E-state index is 6.03. The predicted molar refractivity (Wildman–Crippen MR) is 64.1 cm³/mol. The van der Waals surface area contributed by atoms with E-state index >= 15 is 0 Å². The van der Waals surface area contributed by atoms with Gasteiger partial charge in [0, 0.05) is 5.56 Å². The first-order valence-electron chi connectivity index (χ1n) is 4.29. The van der Waals surface area contributed by atoms with Crippen LogP contribution in [-0.2, 0) is 0 Å². The average molecular weight is 264 g/mol. The number of hydrogen-bond donors (Lipinski definition) is 2. The molecule has 1 heterocycles. The van der Waals surface area contributed by atoms with Gasteiger partial charge in [-0.2, -0.15) is 4.98 Å². The lowest BCUT2D eigenvalue weighted by molar-refractivity contribution is 1.000. The fraction of sp³-hybridized carbons (Fsp3) is 0. The van der Waals surface area contributed by atoms with Crippen molar-refractivity contribution < 1.29 is 0 Å². The van der Waals surface area contributed by atoms with Crippen LogP contribution < -0.4 is 11.5 Å². The molecular formula is C9H7Cl2N5. The van der Waals surface area contributed by atoms with Crippen molar-refractivity contribution in [2.24, 2.45) is 0 Å². The van der Waals surface area contributed by atoms with E-state index in [0.29, 0.717) is 21.3 Å². The molecule has 0 radical (unpaired) electrons. The summed E-state index contributed by atoms with van der Waals surface area (Å²) in [7, 11) is 0. The van der Waals surface area contributed by atoms with Gasteiger partial charge in [-0.1, -0.05) is 35.3 Å². The summed E-state index contributed by atoms with van der Waals surface area (Å²) in [6, 6.07) is 5.13. The molecule has 7 heteroatoms. The number of nitrogens with two attached hydrogens (primary N) is 2. The highest BCUT2D eigenvalue weighted by atomic mass is 35.5. The van der Waals surface area contributed by atoms with Crippen molar-refractivity contribution >= 4 is 35.0 Å². The van der Waals surface area contributed by atoms with Crippen LogP contribution in [0.1, 0.15) is 0 Å². The van der Waals surface area contributed by atoms with Crippen molar-refractivity contribution in [1.82, 2.24) is 15.2 Å². The molecule has 4 N–H and O–H groups in total. The fourth-order valence-electron chi connectivity index (χ4n) is 1.23. The predicted octanol–water partition coefficient (Wildman–Crippen LogP) is 2.01. The molecule has 0 saturated carbocycles. The molecule has 82 valence electrons. The summed E-state index contributed by atoms with van der Waals surface area (Å²) in [4.78, 5) is 3.80. The van der Waals surface area contributed by atoms with Crippen LogP contribution in [0.4, 0.5) is 11.8 Å². The lowest BCUT2D eigenvalue weighted by Crippen LogP contribution is -2.04. The zero-order valence-electron chi connectivity index (χ0n) is 7.98. The molecule has 2 rings (SSSR count). The molecule has 16 heavy (non-hydrogen) atoms. The molecule has 0 aliphatic rings. The minimum absolute atomic E-state index is 0.0133. The van der Waals surface area contributed by atoms with E-state index in [0.717, 1.165) is 0 Å². The molecule has 0 unspecified atom stereocenters. The summed E-state index contributed by atoms with van der Waals surface area (Å²) < 4.78 is 0. The number of hydrogen-bond acceptors (Lipinski definition) is 5. The molecule has 0 atom stereocenters. The van der Waals surface area contributed by atoms with Crippen molar-refractivity contribution in [3.8, 4) is 11.3 Å². The average Bonchev–Trinajstić information content (AvgIpc) is 2.23. The number of aromatic nitrogens is 3. The second kappa shape index (κ2) is 4.11. The van der Waals surface area contributed by atoms with E-state index in [1.807, 2.05) is 0 Å². The Morgan fingerprint density at radius 3 is 2.50 bits per heavy atom. The maximum absolute atomic E-state index is 6.03. The zero-order chi connectivity index (χ0) is 11.7. The highest BCUT2D eigenvalue weighted by Crippen LogP contribution is 2.33. The highest BCUT2D eigenvalue weighted by Gasteiger charge is 2.12. The van der Waals surface area contributed by atoms with Crippen molar-refractivity contribution in [3.05, 3.63) is 28.2 Å². The molecule has 0 amide bonds. The monoisotopic (exact) mass is 263 g/mol. The number of benzene rings is 1. The SMILES string of the molecule is [15NH2][13c]1[15n][15n][13c](-c2cccc(Cl)c2Cl)[13c]([15NH2])[15n]1. The summed E-state index contributed by atoms with van der Waals surface area (Å²) in [5.41, 5.74) is 12.0. The first kappa shape index (κ1) is 10.9. The number of nitrogen functional groups attached to an aromatic ring is 2. The number of rotatable bonds is 1. The molecule has 0 saturated heterocycles. The molecule has 0 aliphatic carbocycles. The highest BCUT2D eigenvalue weighted by molar-refractivity contribution is 6.43. The van der Waals surface area contributed by atoms with E-state index in [9.17, 15) is 0 Å². The minimum Gasteiger partial charge on any atom is -0.382 e. The number of nitrogens with zero attached hydrogens (tertiary/aromatic N) is 3. The van der Waals surface area contributed by atoms with Gasteiger partial charge in [0.05, 0.1) is 10.0 Å². The van der Waals surface area contributed by atoms with Crippen molar-refractivity contribution in [2.45, 2.75) is 0 Å². The Hall–Kier alpha value is -1.59. The van der Waals surface area contributed by atoms with Crippen LogP contribution in [0.25, 0.3) is 11.3 Å². The van der Waals surface area contributed by atoms with Gasteiger partial charge in [-0.3, -0.25) is 0 Å². The van der Waals surface area contributed by atoms with Gasteiger partial charge in [-0.15, -0.1) is 10.2 Å². The van der Waals surface area contributed by atoms with E-state index in [4.69, 9.17) is 34.7 Å². The summed E-state index contributed by atoms with van der Waals surface area (Å²) in [6.45, 7) is 0. The standard InChI is InChI=1S/C9H7Cl2N5/c10-5-3-1-2-4(6(5)11)7-8(12)14-9(13)16-15-7/h1-3H,(H4,12,13,14,16)/i7+1,8+1,9+1,12+1,13+1,14+1,15+1,16+1. The molecule has 0 fully saturated rings. The first-order valence-corrected chi connectivity index (χ1v) is 5.05. The van der Waals surface area contributed by atoms with Gasteiger partial charge in [-0.25, -0.2) is 0 Å². The summed E-state index contributed by atoms with van der Waals surface area (Å²) in [6.07, 6.45) is 0. The van der Waals surface area contributed by atoms with Crippen LogP contribution in [0, 0.1) is 0 Å². The second-order valence-electron chi connectivity index (χ2n) is 3.01. The van der Waals surface area contributed by atoms with Gasteiger partial charge < -0.3 is 11.5 Å². The molecule has 0 bridgehead atoms. The molecule has 1 aromatic heterocycles. The lowest BCUT2D eigenvalue weighted by Gasteiger charge is -2.06. The largest absolute Gasteiger partial charge is 0.382 e. The molecule has 5 nitrogen and oxygen atoms in total. The van der Waals surface area contributed by atoms with Crippen LogP contribution in [0.3, 0.4) is 0 Å². The second-order valence-corrected chi connectivity index (χ2v) is 3.79. The normalized spacial score (nSPS) is 10.4. The van der Waals surface area contributed by atoms with Crippen molar-refractivity contribution in [2.75, 3.05) is 11.5 Å². The zero-order valence-corrected chi connectivity index (χ0v) is 9.50. The van der Waals surface area contributed by atoms with E-state index in [1.54, 1.807) is 18.2 Å². The smallest absolute Gasteiger partial charge is 0.242 e. The Labute approximate surface area is 101 Å². The van der Waals surface area contributed by atoms with Gasteiger partial charge in [0.25, 0.3) is 0 Å². The molecule has 0 aliphatic heterocycles. The fourth-order valence-corrected chi connectivity index (χ4v) is 1.62. The van der Waals surface area contributed by atoms with E-state index in [2.05, 4.69) is 15.2 Å². The van der Waals surface area contributed by atoms with Gasteiger partial charge in [-0.05, 0) is 6.07 Å². The molecular weight excluding hydrogens is 257 g/mol. The topological polar surface area (TPSA) is 90.7 Å². The third-order valence-electron chi connectivity index (χ3n) is 1.94. The first-order chi connectivity index (χ1) is 7.59. The van der Waals surface area contributed by atoms with Gasteiger partial charge in [0.1, 0.15) is 5.69 Å². The third-order valence-corrected chi connectivity index (χ3v) is 2.76. The van der Waals surface area contributed by atoms with Gasteiger partial charge >= 0.3 is 0 Å². The van der Waals surface area contributed by atoms with Crippen LogP contribution in [0.2, 0.25) is 10.0 Å². The number of anilines is 2. The molecule has 2 aromatic rings. The van der Waals surface area contributed by atoms with Crippen molar-refractivity contribution in [1.29, 1.82) is 0 Å². The van der Waals surface area contributed by atoms with Crippen LogP contribution >= 0.6 is 23.2 Å². The minimum atomic E-state index is 0.0133. The van der Waals surface area contributed by atoms with Gasteiger partial charge in [0.2, 0.25) is 5.95 Å². The number of halogens is 2. The quantitative estimate of drug-likeness (QED) is 0.769. The van der Waals surface area contributed by atoms with E-state index in [-0.39, 0.29) is 11.8 Å². The Morgan fingerprint density at radius 2 is 1.81 bits per heavy atom. The van der Waals surface area contributed by atoms with E-state index in [1.165, 1.54) is 0 Å². The van der Waals surface area contributed by atoms with E-state index < -0.39 is 0 Å². The van der Waals surface area contributed by atoms with Gasteiger partial charge in [0.15, 0.2) is 5.82 Å². The Kier molecular flexibility index (Phi) is 2.80. The van der Waals surface area contributed by atoms with Crippen LogP contribution in [0.5, 0.6) is 0 Å². The molecule has 1 aromatic carbocycles. The third kappa shape index (κ3) is 1.87. The summed E-state index contributed by atoms with van der Waals surface area (Å²) in [5, 5.41) is 8.24. The Balaban J connectivity index is 2.63. The lowest BCUT2D eigenvalue weighted by atomic mass is 10.3. The van der Waals surface area contributed by atoms with Crippen LogP contribution in [0.15, 0.2) is 18.2 Å².